The maximum absolute atomic E-state index is 12.7. The molecule has 0 N–H and O–H groups in total. The molecule has 132 valence electrons. The lowest BCUT2D eigenvalue weighted by atomic mass is 9.98. The van der Waals surface area contributed by atoms with E-state index in [4.69, 9.17) is 0 Å². The van der Waals surface area contributed by atoms with Crippen molar-refractivity contribution in [2.45, 2.75) is 26.2 Å². The number of anilines is 2. The van der Waals surface area contributed by atoms with E-state index in [9.17, 15) is 9.59 Å². The molecule has 0 saturated carbocycles. The van der Waals surface area contributed by atoms with Crippen LogP contribution in [0.2, 0.25) is 0 Å². The maximum atomic E-state index is 12.7. The van der Waals surface area contributed by atoms with Crippen molar-refractivity contribution in [3.8, 4) is 0 Å². The monoisotopic (exact) mass is 347 g/mol. The third-order valence-electron chi connectivity index (χ3n) is 5.10. The van der Waals surface area contributed by atoms with Gasteiger partial charge in [-0.3, -0.25) is 9.59 Å². The highest BCUT2D eigenvalue weighted by Crippen LogP contribution is 2.30. The van der Waals surface area contributed by atoms with Crippen LogP contribution in [0.4, 0.5) is 11.4 Å². The van der Waals surface area contributed by atoms with Gasteiger partial charge in [-0.2, -0.15) is 5.10 Å². The van der Waals surface area contributed by atoms with Gasteiger partial charge in [0.2, 0.25) is 5.91 Å². The molecule has 0 aliphatic carbocycles. The number of hydrazone groups is 1. The molecule has 2 amide bonds. The molecule has 2 aliphatic rings. The van der Waals surface area contributed by atoms with Crippen LogP contribution >= 0.6 is 0 Å². The molecule has 1 atom stereocenters. The molecule has 5 nitrogen and oxygen atoms in total. The van der Waals surface area contributed by atoms with E-state index in [2.05, 4.69) is 11.2 Å². The van der Waals surface area contributed by atoms with Gasteiger partial charge in [0, 0.05) is 24.4 Å². The van der Waals surface area contributed by atoms with Gasteiger partial charge in [0.1, 0.15) is 0 Å². The van der Waals surface area contributed by atoms with Crippen LogP contribution in [0.5, 0.6) is 0 Å². The van der Waals surface area contributed by atoms with Gasteiger partial charge >= 0.3 is 0 Å². The average Bonchev–Trinajstić information content (AvgIpc) is 3.22. The molecule has 0 spiro atoms. The lowest BCUT2D eigenvalue weighted by Crippen LogP contribution is -2.31. The highest BCUT2D eigenvalue weighted by atomic mass is 16.2. The highest BCUT2D eigenvalue weighted by molar-refractivity contribution is 6.15. The Labute approximate surface area is 152 Å². The zero-order valence-corrected chi connectivity index (χ0v) is 14.8. The van der Waals surface area contributed by atoms with Gasteiger partial charge < -0.3 is 4.90 Å². The van der Waals surface area contributed by atoms with E-state index < -0.39 is 0 Å². The van der Waals surface area contributed by atoms with Crippen molar-refractivity contribution in [2.75, 3.05) is 16.5 Å². The minimum atomic E-state index is -0.322. The lowest BCUT2D eigenvalue weighted by molar-refractivity contribution is -0.120. The minimum absolute atomic E-state index is 0.0525. The fourth-order valence-electron chi connectivity index (χ4n) is 3.69. The summed E-state index contributed by atoms with van der Waals surface area (Å²) in [5.74, 6) is -0.297. The molecule has 1 unspecified atom stereocenters. The summed E-state index contributed by atoms with van der Waals surface area (Å²) in [7, 11) is 0. The van der Waals surface area contributed by atoms with Crippen LogP contribution in [0, 0.1) is 5.92 Å². The van der Waals surface area contributed by atoms with Gasteiger partial charge in [0.15, 0.2) is 0 Å². The summed E-state index contributed by atoms with van der Waals surface area (Å²) in [6.45, 7) is 2.58. The number of rotatable bonds is 4. The van der Waals surface area contributed by atoms with E-state index in [0.29, 0.717) is 12.8 Å². The molecule has 2 aromatic rings. The smallest absolute Gasteiger partial charge is 0.256 e. The Morgan fingerprint density at radius 3 is 2.65 bits per heavy atom. The maximum Gasteiger partial charge on any atom is 0.256 e. The molecule has 0 radical (unpaired) electrons. The van der Waals surface area contributed by atoms with Crippen molar-refractivity contribution in [1.82, 2.24) is 0 Å². The Hall–Kier alpha value is -2.95. The summed E-state index contributed by atoms with van der Waals surface area (Å²) in [4.78, 5) is 27.3. The molecule has 26 heavy (non-hydrogen) atoms. The number of nitrogens with zero attached hydrogens (tertiary/aromatic N) is 3. The Morgan fingerprint density at radius 1 is 1.12 bits per heavy atom. The second kappa shape index (κ2) is 6.75. The largest absolute Gasteiger partial charge is 0.312 e. The molecule has 0 bridgehead atoms. The molecule has 0 fully saturated rings. The Balaban J connectivity index is 1.42. The van der Waals surface area contributed by atoms with E-state index in [-0.39, 0.29) is 17.7 Å². The first kappa shape index (κ1) is 16.5. The standard InChI is InChI=1S/C21H21N3O2/c1-15-18(21(26)24(22-15)17-8-3-2-4-9-17)11-12-20(25)23-14-13-16-7-5-6-10-19(16)23/h2-10,18H,11-14H2,1H3. The normalized spacial score (nSPS) is 18.9. The molecule has 4 rings (SSSR count). The summed E-state index contributed by atoms with van der Waals surface area (Å²) < 4.78 is 0. The third-order valence-corrected chi connectivity index (χ3v) is 5.10. The van der Waals surface area contributed by atoms with Gasteiger partial charge in [-0.15, -0.1) is 0 Å². The number of para-hydroxylation sites is 2. The predicted octanol–water partition coefficient (Wildman–Crippen LogP) is 3.39. The molecule has 5 heteroatoms. The number of benzene rings is 2. The molecule has 2 heterocycles. The summed E-state index contributed by atoms with van der Waals surface area (Å²) in [6.07, 6.45) is 1.74. The number of hydrogen-bond donors (Lipinski definition) is 0. The summed E-state index contributed by atoms with van der Waals surface area (Å²) in [5.41, 5.74) is 3.75. The van der Waals surface area contributed by atoms with Crippen molar-refractivity contribution in [2.24, 2.45) is 11.0 Å². The van der Waals surface area contributed by atoms with Gasteiger partial charge in [0.05, 0.1) is 11.6 Å². The fraction of sp³-hybridized carbons (Fsp3) is 0.286. The lowest BCUT2D eigenvalue weighted by Gasteiger charge is -2.18. The SMILES string of the molecule is CC1=NN(c2ccccc2)C(=O)C1CCC(=O)N1CCc2ccccc21. The Morgan fingerprint density at radius 2 is 1.85 bits per heavy atom. The molecule has 0 aromatic heterocycles. The zero-order valence-electron chi connectivity index (χ0n) is 14.8. The van der Waals surface area contributed by atoms with Crippen LogP contribution in [-0.2, 0) is 16.0 Å². The van der Waals surface area contributed by atoms with Crippen LogP contribution < -0.4 is 9.91 Å². The Bertz CT molecular complexity index is 876. The fourth-order valence-corrected chi connectivity index (χ4v) is 3.69. The first-order valence-electron chi connectivity index (χ1n) is 8.97. The van der Waals surface area contributed by atoms with Crippen LogP contribution in [0.15, 0.2) is 59.7 Å². The molecule has 2 aromatic carbocycles. The van der Waals surface area contributed by atoms with Gasteiger partial charge in [0.25, 0.3) is 5.91 Å². The van der Waals surface area contributed by atoms with E-state index in [1.807, 2.05) is 60.4 Å². The highest BCUT2D eigenvalue weighted by Gasteiger charge is 2.35. The third kappa shape index (κ3) is 2.90. The number of fused-ring (bicyclic) bond motifs is 1. The summed E-state index contributed by atoms with van der Waals surface area (Å²) in [6, 6.07) is 17.4. The van der Waals surface area contributed by atoms with Crippen molar-refractivity contribution < 1.29 is 9.59 Å². The van der Waals surface area contributed by atoms with Crippen molar-refractivity contribution in [3.05, 3.63) is 60.2 Å². The van der Waals surface area contributed by atoms with Crippen LogP contribution in [-0.4, -0.2) is 24.1 Å². The van der Waals surface area contributed by atoms with Gasteiger partial charge in [-0.25, -0.2) is 5.01 Å². The number of carbonyl (C=O) groups is 2. The van der Waals surface area contributed by atoms with Crippen LogP contribution in [0.25, 0.3) is 0 Å². The second-order valence-corrected chi connectivity index (χ2v) is 6.74. The van der Waals surface area contributed by atoms with Crippen LogP contribution in [0.3, 0.4) is 0 Å². The zero-order chi connectivity index (χ0) is 18.1. The van der Waals surface area contributed by atoms with Crippen LogP contribution in [0.1, 0.15) is 25.3 Å². The van der Waals surface area contributed by atoms with E-state index in [1.54, 1.807) is 0 Å². The molecule has 2 aliphatic heterocycles. The van der Waals surface area contributed by atoms with E-state index >= 15 is 0 Å². The molecule has 0 saturated heterocycles. The predicted molar refractivity (Wildman–Crippen MR) is 102 cm³/mol. The molecular formula is C21H21N3O2. The average molecular weight is 347 g/mol. The second-order valence-electron chi connectivity index (χ2n) is 6.74. The van der Waals surface area contributed by atoms with E-state index in [0.717, 1.165) is 30.1 Å². The summed E-state index contributed by atoms with van der Waals surface area (Å²) in [5, 5.41) is 5.86. The first-order valence-corrected chi connectivity index (χ1v) is 8.97. The van der Waals surface area contributed by atoms with E-state index in [1.165, 1.54) is 10.6 Å². The van der Waals surface area contributed by atoms with Crippen molar-refractivity contribution >= 4 is 28.9 Å². The number of carbonyl (C=O) groups excluding carboxylic acids is 2. The quantitative estimate of drug-likeness (QED) is 0.851. The van der Waals surface area contributed by atoms with Crippen molar-refractivity contribution in [3.63, 3.8) is 0 Å². The van der Waals surface area contributed by atoms with Gasteiger partial charge in [-0.05, 0) is 43.5 Å². The minimum Gasteiger partial charge on any atom is -0.312 e. The first-order chi connectivity index (χ1) is 12.6. The molecular weight excluding hydrogens is 326 g/mol. The number of hydrogen-bond acceptors (Lipinski definition) is 3. The number of amides is 2. The van der Waals surface area contributed by atoms with Gasteiger partial charge in [-0.1, -0.05) is 36.4 Å². The summed E-state index contributed by atoms with van der Waals surface area (Å²) >= 11 is 0. The topological polar surface area (TPSA) is 53.0 Å². The van der Waals surface area contributed by atoms with Crippen molar-refractivity contribution in [1.29, 1.82) is 0 Å². The Kier molecular flexibility index (Phi) is 4.29.